The molecule has 1 N–H and O–H groups in total. The minimum atomic E-state index is -2.92. The Morgan fingerprint density at radius 2 is 1.81 bits per heavy atom. The largest absolute Gasteiger partial charge is 0.444 e. The molecule has 0 heterocycles. The summed E-state index contributed by atoms with van der Waals surface area (Å²) in [6, 6.07) is 4.46. The van der Waals surface area contributed by atoms with Crippen LogP contribution in [0.2, 0.25) is 0 Å². The van der Waals surface area contributed by atoms with Crippen LogP contribution in [0.4, 0.5) is 13.6 Å². The van der Waals surface area contributed by atoms with E-state index in [9.17, 15) is 18.4 Å². The molecule has 0 radical (unpaired) electrons. The molecule has 21 heavy (non-hydrogen) atoms. The molecule has 0 aliphatic rings. The lowest BCUT2D eigenvalue weighted by Gasteiger charge is -2.21. The van der Waals surface area contributed by atoms with E-state index >= 15 is 0 Å². The number of amides is 1. The SMILES string of the molecule is CC(C)(C)OC(=O)NC(C=O)c1ccc(OC(F)F)cc1. The van der Waals surface area contributed by atoms with Gasteiger partial charge in [0.25, 0.3) is 0 Å². The van der Waals surface area contributed by atoms with E-state index in [2.05, 4.69) is 10.1 Å². The molecular weight excluding hydrogens is 284 g/mol. The van der Waals surface area contributed by atoms with Crippen LogP contribution < -0.4 is 10.1 Å². The molecule has 1 aromatic carbocycles. The molecule has 116 valence electrons. The van der Waals surface area contributed by atoms with Crippen LogP contribution >= 0.6 is 0 Å². The summed E-state index contributed by atoms with van der Waals surface area (Å²) in [6.07, 6.45) is -0.222. The van der Waals surface area contributed by atoms with Crippen molar-refractivity contribution in [1.29, 1.82) is 0 Å². The van der Waals surface area contributed by atoms with Gasteiger partial charge in [-0.1, -0.05) is 12.1 Å². The molecule has 1 rings (SSSR count). The van der Waals surface area contributed by atoms with E-state index in [0.29, 0.717) is 11.8 Å². The van der Waals surface area contributed by atoms with Gasteiger partial charge in [0, 0.05) is 0 Å². The average molecular weight is 301 g/mol. The van der Waals surface area contributed by atoms with Gasteiger partial charge in [-0.3, -0.25) is 0 Å². The number of carbonyl (C=O) groups excluding carboxylic acids is 2. The van der Waals surface area contributed by atoms with Gasteiger partial charge in [-0.2, -0.15) is 8.78 Å². The minimum absolute atomic E-state index is 0.0318. The summed E-state index contributed by atoms with van der Waals surface area (Å²) in [6.45, 7) is 2.16. The van der Waals surface area contributed by atoms with Crippen molar-refractivity contribution < 1.29 is 27.8 Å². The summed E-state index contributed by atoms with van der Waals surface area (Å²) < 4.78 is 33.3. The van der Waals surface area contributed by atoms with Crippen LogP contribution in [0.25, 0.3) is 0 Å². The molecule has 1 atom stereocenters. The Hall–Kier alpha value is -2.18. The quantitative estimate of drug-likeness (QED) is 0.849. The summed E-state index contributed by atoms with van der Waals surface area (Å²) in [7, 11) is 0. The Kier molecular flexibility index (Phi) is 5.63. The molecule has 0 fully saturated rings. The summed E-state index contributed by atoms with van der Waals surface area (Å²) in [5, 5.41) is 2.38. The number of hydrogen-bond acceptors (Lipinski definition) is 4. The van der Waals surface area contributed by atoms with E-state index in [4.69, 9.17) is 4.74 Å². The van der Waals surface area contributed by atoms with Gasteiger partial charge >= 0.3 is 12.7 Å². The van der Waals surface area contributed by atoms with Crippen molar-refractivity contribution in [3.05, 3.63) is 29.8 Å². The van der Waals surface area contributed by atoms with Crippen molar-refractivity contribution in [2.75, 3.05) is 0 Å². The van der Waals surface area contributed by atoms with Gasteiger partial charge in [0.05, 0.1) is 0 Å². The highest BCUT2D eigenvalue weighted by molar-refractivity contribution is 5.74. The second kappa shape index (κ2) is 7.01. The Labute approximate surface area is 121 Å². The van der Waals surface area contributed by atoms with Crippen molar-refractivity contribution in [1.82, 2.24) is 5.32 Å². The van der Waals surface area contributed by atoms with Crippen molar-refractivity contribution in [2.24, 2.45) is 0 Å². The number of benzene rings is 1. The van der Waals surface area contributed by atoms with Crippen molar-refractivity contribution in [3.63, 3.8) is 0 Å². The maximum Gasteiger partial charge on any atom is 0.408 e. The fourth-order valence-electron chi connectivity index (χ4n) is 1.49. The van der Waals surface area contributed by atoms with Gasteiger partial charge in [0.15, 0.2) is 0 Å². The predicted molar refractivity (Wildman–Crippen MR) is 71.2 cm³/mol. The molecule has 1 aromatic rings. The Bertz CT molecular complexity index is 483. The Morgan fingerprint density at radius 1 is 1.24 bits per heavy atom. The van der Waals surface area contributed by atoms with Gasteiger partial charge in [-0.15, -0.1) is 0 Å². The van der Waals surface area contributed by atoms with E-state index in [1.165, 1.54) is 24.3 Å². The summed E-state index contributed by atoms with van der Waals surface area (Å²) >= 11 is 0. The fraction of sp³-hybridized carbons (Fsp3) is 0.429. The summed E-state index contributed by atoms with van der Waals surface area (Å²) in [4.78, 5) is 22.6. The molecule has 0 spiro atoms. The van der Waals surface area contributed by atoms with Crippen molar-refractivity contribution in [2.45, 2.75) is 39.0 Å². The third-order valence-electron chi connectivity index (χ3n) is 2.27. The molecule has 0 aromatic heterocycles. The van der Waals surface area contributed by atoms with Crippen LogP contribution in [0.3, 0.4) is 0 Å². The molecule has 7 heteroatoms. The zero-order valence-electron chi connectivity index (χ0n) is 11.9. The predicted octanol–water partition coefficient (Wildman–Crippen LogP) is 3.05. The van der Waals surface area contributed by atoms with Crippen molar-refractivity contribution in [3.8, 4) is 5.75 Å². The highest BCUT2D eigenvalue weighted by Crippen LogP contribution is 2.19. The number of ether oxygens (including phenoxy) is 2. The molecule has 0 bridgehead atoms. The Morgan fingerprint density at radius 3 is 2.24 bits per heavy atom. The van der Waals surface area contributed by atoms with Crippen LogP contribution in [0.5, 0.6) is 5.75 Å². The van der Waals surface area contributed by atoms with E-state index in [0.717, 1.165) is 0 Å². The summed E-state index contributed by atoms with van der Waals surface area (Å²) in [5.74, 6) is -0.0318. The van der Waals surface area contributed by atoms with Gasteiger partial charge in [0.1, 0.15) is 23.7 Å². The lowest BCUT2D eigenvalue weighted by molar-refractivity contribution is -0.109. The molecule has 1 amide bonds. The monoisotopic (exact) mass is 301 g/mol. The van der Waals surface area contributed by atoms with Crippen LogP contribution in [0.1, 0.15) is 32.4 Å². The molecule has 0 saturated heterocycles. The number of nitrogens with one attached hydrogen (secondary N) is 1. The van der Waals surface area contributed by atoms with Crippen molar-refractivity contribution >= 4 is 12.4 Å². The van der Waals surface area contributed by atoms with Crippen LogP contribution in [-0.4, -0.2) is 24.6 Å². The topological polar surface area (TPSA) is 64.6 Å². The normalized spacial score (nSPS) is 12.7. The smallest absolute Gasteiger partial charge is 0.408 e. The van der Waals surface area contributed by atoms with Gasteiger partial charge in [-0.25, -0.2) is 4.79 Å². The van der Waals surface area contributed by atoms with Crippen LogP contribution in [0.15, 0.2) is 24.3 Å². The first-order valence-corrected chi connectivity index (χ1v) is 6.21. The zero-order chi connectivity index (χ0) is 16.0. The molecule has 0 saturated carbocycles. The third-order valence-corrected chi connectivity index (χ3v) is 2.27. The maximum atomic E-state index is 12.0. The van der Waals surface area contributed by atoms with Crippen LogP contribution in [0, 0.1) is 0 Å². The molecular formula is C14H17F2NO4. The van der Waals surface area contributed by atoms with Crippen LogP contribution in [-0.2, 0) is 9.53 Å². The highest BCUT2D eigenvalue weighted by Gasteiger charge is 2.20. The lowest BCUT2D eigenvalue weighted by atomic mass is 10.1. The number of halogens is 2. The number of aldehydes is 1. The van der Waals surface area contributed by atoms with E-state index in [1.54, 1.807) is 20.8 Å². The first kappa shape index (κ1) is 16.9. The highest BCUT2D eigenvalue weighted by atomic mass is 19.3. The van der Waals surface area contributed by atoms with E-state index < -0.39 is 24.3 Å². The first-order chi connectivity index (χ1) is 9.71. The van der Waals surface area contributed by atoms with Gasteiger partial charge < -0.3 is 19.6 Å². The molecule has 1 unspecified atom stereocenters. The Balaban J connectivity index is 2.72. The maximum absolute atomic E-state index is 12.0. The minimum Gasteiger partial charge on any atom is -0.444 e. The third kappa shape index (κ3) is 6.20. The fourth-order valence-corrected chi connectivity index (χ4v) is 1.49. The number of alkyl carbamates (subject to hydrolysis) is 1. The number of carbonyl (C=O) groups is 2. The van der Waals surface area contributed by atoms with E-state index in [1.807, 2.05) is 0 Å². The summed E-state index contributed by atoms with van der Waals surface area (Å²) in [5.41, 5.74) is -0.260. The van der Waals surface area contributed by atoms with Gasteiger partial charge in [-0.05, 0) is 38.5 Å². The molecule has 0 aliphatic heterocycles. The number of rotatable bonds is 5. The zero-order valence-corrected chi connectivity index (χ0v) is 11.9. The van der Waals surface area contributed by atoms with Gasteiger partial charge in [0.2, 0.25) is 0 Å². The standard InChI is InChI=1S/C14H17F2NO4/c1-14(2,3)21-13(19)17-11(8-18)9-4-6-10(7-5-9)20-12(15)16/h4-8,11-12H,1-3H3,(H,17,19). The van der Waals surface area contributed by atoms with E-state index in [-0.39, 0.29) is 5.75 Å². The lowest BCUT2D eigenvalue weighted by Crippen LogP contribution is -2.35. The number of hydrogen-bond donors (Lipinski definition) is 1. The average Bonchev–Trinajstić information content (AvgIpc) is 2.34. The molecule has 5 nitrogen and oxygen atoms in total. The molecule has 0 aliphatic carbocycles. The number of alkyl halides is 2. The first-order valence-electron chi connectivity index (χ1n) is 6.21. The second-order valence-electron chi connectivity index (χ2n) is 5.21. The second-order valence-corrected chi connectivity index (χ2v) is 5.21.